The monoisotopic (exact) mass is 830 g/mol. The van der Waals surface area contributed by atoms with Crippen molar-refractivity contribution < 1.29 is 23.5 Å². The van der Waals surface area contributed by atoms with Crippen molar-refractivity contribution >= 4 is 33.4 Å². The Bertz CT molecular complexity index is 2610. The van der Waals surface area contributed by atoms with Crippen molar-refractivity contribution in [1.29, 1.82) is 0 Å². The van der Waals surface area contributed by atoms with Gasteiger partial charge in [0.2, 0.25) is 0 Å². The van der Waals surface area contributed by atoms with E-state index in [1.54, 1.807) is 6.92 Å². The second-order valence-corrected chi connectivity index (χ2v) is 18.7. The number of Topliss-reactive ketones (excluding diaryl/α,β-unsaturated/α-hetero) is 2. The number of hydrogen-bond acceptors (Lipinski definition) is 8. The predicted octanol–water partition coefficient (Wildman–Crippen LogP) is 9.94. The summed E-state index contributed by atoms with van der Waals surface area (Å²) in [5, 5.41) is 20.6. The molecular weight excluding hydrogens is 772 g/mol. The molecule has 10 rings (SSSR count). The van der Waals surface area contributed by atoms with Gasteiger partial charge in [0.1, 0.15) is 28.7 Å². The molecule has 61 heavy (non-hydrogen) atoms. The lowest BCUT2D eigenvalue weighted by Gasteiger charge is -2.25. The number of ether oxygens (including phenoxy) is 2. The number of aromatic nitrogens is 8. The van der Waals surface area contributed by atoms with Crippen molar-refractivity contribution in [3.8, 4) is 33.8 Å². The highest BCUT2D eigenvalue weighted by molar-refractivity contribution is 5.93. The largest absolute Gasteiger partial charge is 0.490 e. The molecule has 0 bridgehead atoms. The first-order chi connectivity index (χ1) is 29.2. The van der Waals surface area contributed by atoms with Crippen LogP contribution in [0.15, 0.2) is 49.1 Å². The van der Waals surface area contributed by atoms with Gasteiger partial charge in [-0.15, -0.1) is 0 Å². The van der Waals surface area contributed by atoms with E-state index in [1.807, 2.05) is 53.7 Å². The molecule has 0 amide bonds. The lowest BCUT2D eigenvalue weighted by molar-refractivity contribution is -0.118. The second kappa shape index (κ2) is 16.2. The molecule has 4 saturated carbocycles. The van der Waals surface area contributed by atoms with Crippen LogP contribution in [0.5, 0.6) is 11.5 Å². The van der Waals surface area contributed by atoms with Crippen molar-refractivity contribution in [2.75, 3.05) is 0 Å². The Morgan fingerprint density at radius 3 is 1.56 bits per heavy atom. The van der Waals surface area contributed by atoms with Gasteiger partial charge in [0.25, 0.3) is 0 Å². The van der Waals surface area contributed by atoms with Crippen LogP contribution in [0.1, 0.15) is 121 Å². The maximum atomic E-state index is 14.3. The standard InChI is InChI=1S/C25H31FN4O2.C23H28N4O2/c1-15-24-22(28-29(15)4)10-18(11-23(24)32-16(2)17-5-6-21(31)9-17)19-13-27-30(14-19)20-7-8-25(3,26)12-20;1-14-23-21(25-26(14)3)10-17(18-12-24-27(13-18)19-5-4-6-19)11-22(23)29-15(2)16-7-8-20(28)9-16/h10-11,13-14,16-17,20H,5-9,12H2,1-4H3;10-13,15-16,19H,4-9H2,1-3H3/t16-,17+,20?,25?;15-,16+/m11/s1. The molecule has 322 valence electrons. The van der Waals surface area contributed by atoms with Crippen LogP contribution in [0.4, 0.5) is 4.39 Å². The number of fused-ring (bicyclic) bond motifs is 2. The van der Waals surface area contributed by atoms with Gasteiger partial charge in [0.15, 0.2) is 0 Å². The summed E-state index contributed by atoms with van der Waals surface area (Å²) in [6.45, 7) is 9.93. The number of rotatable bonds is 10. The van der Waals surface area contributed by atoms with Gasteiger partial charge < -0.3 is 9.47 Å². The molecule has 13 heteroatoms. The van der Waals surface area contributed by atoms with Gasteiger partial charge in [-0.1, -0.05) is 0 Å². The molecule has 0 saturated heterocycles. The number of nitrogens with zero attached hydrogens (tertiary/aromatic N) is 8. The summed E-state index contributed by atoms with van der Waals surface area (Å²) in [6.07, 6.45) is 17.8. The number of carbonyl (C=O) groups excluding carboxylic acids is 2. The SMILES string of the molecule is Cc1c2c(O[C@H](C)[C@H]3CCC(=O)C3)cc(-c3cnn(C4CCC(C)(F)C4)c3)cc2nn1C.Cc1c2c(O[C@H](C)[C@H]3CCC(=O)C3)cc(-c3cnn(C4CCC4)c3)cc2nn1C. The van der Waals surface area contributed by atoms with Crippen LogP contribution in [0.3, 0.4) is 0 Å². The van der Waals surface area contributed by atoms with Crippen molar-refractivity contribution in [2.45, 2.75) is 142 Å². The number of benzene rings is 2. The molecular formula is C48H59FN8O4. The Morgan fingerprint density at radius 1 is 0.689 bits per heavy atom. The van der Waals surface area contributed by atoms with Gasteiger partial charge in [-0.3, -0.25) is 28.3 Å². The third kappa shape index (κ3) is 8.24. The minimum absolute atomic E-state index is 0.00259. The third-order valence-electron chi connectivity index (χ3n) is 14.2. The number of ketones is 2. The maximum absolute atomic E-state index is 14.3. The highest BCUT2D eigenvalue weighted by atomic mass is 19.1. The number of aryl methyl sites for hydroxylation is 4. The summed E-state index contributed by atoms with van der Waals surface area (Å²) in [5.41, 5.74) is 6.94. The van der Waals surface area contributed by atoms with Crippen LogP contribution < -0.4 is 9.47 Å². The van der Waals surface area contributed by atoms with Crippen LogP contribution in [-0.2, 0) is 23.7 Å². The molecule has 2 aromatic carbocycles. The first kappa shape index (κ1) is 41.0. The number of hydrogen-bond donors (Lipinski definition) is 0. The zero-order valence-corrected chi connectivity index (χ0v) is 36.7. The van der Waals surface area contributed by atoms with E-state index in [9.17, 15) is 14.0 Å². The lowest BCUT2D eigenvalue weighted by atomic mass is 9.93. The van der Waals surface area contributed by atoms with Gasteiger partial charge in [-0.2, -0.15) is 20.4 Å². The van der Waals surface area contributed by atoms with E-state index >= 15 is 0 Å². The fourth-order valence-electron chi connectivity index (χ4n) is 9.90. The average Bonchev–Trinajstić information content (AvgIpc) is 4.06. The molecule has 4 aromatic heterocycles. The topological polar surface area (TPSA) is 124 Å². The van der Waals surface area contributed by atoms with Crippen molar-refractivity contribution in [1.82, 2.24) is 39.1 Å². The van der Waals surface area contributed by atoms with E-state index in [1.165, 1.54) is 19.3 Å². The van der Waals surface area contributed by atoms with Crippen LogP contribution in [-0.4, -0.2) is 68.6 Å². The van der Waals surface area contributed by atoms with Gasteiger partial charge in [-0.25, -0.2) is 4.39 Å². The molecule has 4 aliphatic carbocycles. The van der Waals surface area contributed by atoms with Crippen LogP contribution >= 0.6 is 0 Å². The Labute approximate surface area is 356 Å². The van der Waals surface area contributed by atoms with Crippen LogP contribution in [0.2, 0.25) is 0 Å². The summed E-state index contributed by atoms with van der Waals surface area (Å²) < 4.78 is 35.0. The summed E-state index contributed by atoms with van der Waals surface area (Å²) in [5.74, 6) is 2.86. The third-order valence-corrected chi connectivity index (χ3v) is 14.2. The molecule has 4 fully saturated rings. The van der Waals surface area contributed by atoms with Gasteiger partial charge >= 0.3 is 0 Å². The smallest absolute Gasteiger partial charge is 0.133 e. The van der Waals surface area contributed by atoms with E-state index in [0.717, 1.165) is 86.2 Å². The average molecular weight is 831 g/mol. The minimum Gasteiger partial charge on any atom is -0.490 e. The minimum atomic E-state index is -1.11. The van der Waals surface area contributed by atoms with Crippen LogP contribution in [0.25, 0.3) is 44.1 Å². The summed E-state index contributed by atoms with van der Waals surface area (Å²) in [7, 11) is 3.90. The van der Waals surface area contributed by atoms with Crippen LogP contribution in [0, 0.1) is 25.7 Å². The highest BCUT2D eigenvalue weighted by Crippen LogP contribution is 2.42. The van der Waals surface area contributed by atoms with Crippen molar-refractivity contribution in [2.24, 2.45) is 25.9 Å². The Kier molecular flexibility index (Phi) is 10.9. The predicted molar refractivity (Wildman–Crippen MR) is 234 cm³/mol. The van der Waals surface area contributed by atoms with Gasteiger partial charge in [0, 0.05) is 92.9 Å². The van der Waals surface area contributed by atoms with Crippen molar-refractivity contribution in [3.63, 3.8) is 0 Å². The molecule has 4 aliphatic rings. The number of carbonyl (C=O) groups is 2. The zero-order chi connectivity index (χ0) is 42.7. The summed E-state index contributed by atoms with van der Waals surface area (Å²) in [6, 6.07) is 9.00. The molecule has 6 aromatic rings. The molecule has 12 nitrogen and oxygen atoms in total. The Hall–Kier alpha value is -5.33. The number of halogens is 1. The normalized spacial score (nSPS) is 24.0. The number of alkyl halides is 1. The molecule has 0 aliphatic heterocycles. The molecule has 2 unspecified atom stereocenters. The van der Waals surface area contributed by atoms with E-state index in [2.05, 4.69) is 71.2 Å². The summed E-state index contributed by atoms with van der Waals surface area (Å²) >= 11 is 0. The van der Waals surface area contributed by atoms with Gasteiger partial charge in [0.05, 0.1) is 58.5 Å². The molecule has 6 atom stereocenters. The van der Waals surface area contributed by atoms with E-state index in [-0.39, 0.29) is 24.2 Å². The lowest BCUT2D eigenvalue weighted by Crippen LogP contribution is -2.22. The second-order valence-electron chi connectivity index (χ2n) is 18.7. The Balaban J connectivity index is 0.000000157. The Morgan fingerprint density at radius 2 is 1.16 bits per heavy atom. The van der Waals surface area contributed by atoms with E-state index in [4.69, 9.17) is 14.6 Å². The zero-order valence-electron chi connectivity index (χ0n) is 36.7. The molecule has 0 N–H and O–H groups in total. The molecule has 4 heterocycles. The first-order valence-electron chi connectivity index (χ1n) is 22.3. The van der Waals surface area contributed by atoms with Gasteiger partial charge in [-0.05, 0) is 115 Å². The quantitative estimate of drug-likeness (QED) is 0.134. The fourth-order valence-corrected chi connectivity index (χ4v) is 9.90. The van der Waals surface area contributed by atoms with Crippen molar-refractivity contribution in [3.05, 3.63) is 60.4 Å². The maximum Gasteiger partial charge on any atom is 0.133 e. The van der Waals surface area contributed by atoms with E-state index in [0.29, 0.717) is 62.1 Å². The summed E-state index contributed by atoms with van der Waals surface area (Å²) in [4.78, 5) is 23.5. The molecule has 0 radical (unpaired) electrons. The fraction of sp³-hybridized carbons (Fsp3) is 0.542. The van der Waals surface area contributed by atoms with E-state index < -0.39 is 5.67 Å². The first-order valence-corrected chi connectivity index (χ1v) is 22.3. The highest BCUT2D eigenvalue weighted by Gasteiger charge is 2.36. The molecule has 0 spiro atoms.